The number of nitrogens with zero attached hydrogens (tertiary/aromatic N) is 5. The number of amides is 2. The van der Waals surface area contributed by atoms with E-state index in [2.05, 4.69) is 15.5 Å². The molecule has 0 aliphatic carbocycles. The molecule has 0 bridgehead atoms. The van der Waals surface area contributed by atoms with E-state index in [1.807, 2.05) is 41.8 Å². The zero-order valence-electron chi connectivity index (χ0n) is 24.9. The van der Waals surface area contributed by atoms with Gasteiger partial charge in [-0.05, 0) is 71.6 Å². The number of rotatable bonds is 11. The molecule has 0 saturated carbocycles. The highest BCUT2D eigenvalue weighted by atomic mass is 32.2. The molecule has 5 aromatic rings. The van der Waals surface area contributed by atoms with E-state index in [4.69, 9.17) is 14.6 Å². The number of ether oxygens (including phenoxy) is 2. The third-order valence-corrected chi connectivity index (χ3v) is 9.15. The van der Waals surface area contributed by atoms with Crippen LogP contribution in [0.3, 0.4) is 0 Å². The van der Waals surface area contributed by atoms with Crippen molar-refractivity contribution in [2.75, 3.05) is 20.0 Å². The maximum Gasteiger partial charge on any atom is 0.253 e. The van der Waals surface area contributed by atoms with Crippen molar-refractivity contribution in [2.45, 2.75) is 24.2 Å². The molecule has 0 saturated heterocycles. The number of thiophene rings is 1. The number of thioether (sulfide) groups is 1. The number of hydrazone groups is 1. The maximum atomic E-state index is 13.8. The molecule has 1 N–H and O–H groups in total. The first-order chi connectivity index (χ1) is 22.4. The van der Waals surface area contributed by atoms with Crippen molar-refractivity contribution >= 4 is 40.6 Å². The molecule has 3 heterocycles. The minimum Gasteiger partial charge on any atom is -0.497 e. The van der Waals surface area contributed by atoms with E-state index in [0.717, 1.165) is 21.9 Å². The second-order valence-corrected chi connectivity index (χ2v) is 12.1. The van der Waals surface area contributed by atoms with Crippen LogP contribution in [-0.2, 0) is 11.3 Å². The quantitative estimate of drug-likeness (QED) is 0.177. The molecule has 6 rings (SSSR count). The molecule has 2 aromatic heterocycles. The van der Waals surface area contributed by atoms with Gasteiger partial charge in [-0.2, -0.15) is 5.10 Å². The van der Waals surface area contributed by atoms with Crippen LogP contribution in [0.2, 0.25) is 0 Å². The lowest BCUT2D eigenvalue weighted by Crippen LogP contribution is -2.28. The molecular weight excluding hydrogens is 628 g/mol. The number of carbonyl (C=O) groups is 2. The Kier molecular flexibility index (Phi) is 9.41. The summed E-state index contributed by atoms with van der Waals surface area (Å²) in [5, 5.41) is 20.2. The van der Waals surface area contributed by atoms with Crippen molar-refractivity contribution in [1.82, 2.24) is 25.1 Å². The molecule has 234 valence electrons. The first-order valence-corrected chi connectivity index (χ1v) is 16.1. The SMILES string of the molecule is COc1ccc([C@@H]2CC(c3cccs3)=NN2C(=O)CSc2nnc(CNC(=O)c3cccc(OC)c3)n2-c2ccc(F)cc2)cc1. The molecule has 1 atom stereocenters. The van der Waals surface area contributed by atoms with Gasteiger partial charge in [-0.3, -0.25) is 14.2 Å². The lowest BCUT2D eigenvalue weighted by Gasteiger charge is -2.22. The fourth-order valence-electron chi connectivity index (χ4n) is 4.99. The maximum absolute atomic E-state index is 13.8. The van der Waals surface area contributed by atoms with Gasteiger partial charge in [-0.25, -0.2) is 9.40 Å². The van der Waals surface area contributed by atoms with E-state index in [-0.39, 0.29) is 30.2 Å². The Morgan fingerprint density at radius 1 is 0.978 bits per heavy atom. The summed E-state index contributed by atoms with van der Waals surface area (Å²) in [5.41, 5.74) is 2.80. The molecule has 2 amide bonds. The minimum atomic E-state index is -0.396. The van der Waals surface area contributed by atoms with E-state index in [1.165, 1.54) is 36.0 Å². The third kappa shape index (κ3) is 6.80. The Balaban J connectivity index is 1.23. The normalized spacial score (nSPS) is 14.2. The summed E-state index contributed by atoms with van der Waals surface area (Å²) in [6, 6.07) is 24.0. The molecule has 0 radical (unpaired) electrons. The number of halogens is 1. The summed E-state index contributed by atoms with van der Waals surface area (Å²) < 4.78 is 26.1. The van der Waals surface area contributed by atoms with E-state index < -0.39 is 5.82 Å². The Labute approximate surface area is 272 Å². The molecule has 3 aromatic carbocycles. The van der Waals surface area contributed by atoms with E-state index >= 15 is 0 Å². The molecular formula is C33H29FN6O4S2. The average molecular weight is 657 g/mol. The summed E-state index contributed by atoms with van der Waals surface area (Å²) in [6.07, 6.45) is 0.576. The van der Waals surface area contributed by atoms with Gasteiger partial charge in [0.2, 0.25) is 0 Å². The highest BCUT2D eigenvalue weighted by molar-refractivity contribution is 7.99. The second kappa shape index (κ2) is 14.0. The van der Waals surface area contributed by atoms with Gasteiger partial charge in [0.1, 0.15) is 17.3 Å². The summed E-state index contributed by atoms with van der Waals surface area (Å²) in [6.45, 7) is 0.0368. The van der Waals surface area contributed by atoms with Crippen LogP contribution >= 0.6 is 23.1 Å². The lowest BCUT2D eigenvalue weighted by atomic mass is 10.0. The van der Waals surface area contributed by atoms with Crippen molar-refractivity contribution in [1.29, 1.82) is 0 Å². The first-order valence-electron chi connectivity index (χ1n) is 14.3. The summed E-state index contributed by atoms with van der Waals surface area (Å²) in [5.74, 6) is 0.785. The monoisotopic (exact) mass is 656 g/mol. The number of aromatic nitrogens is 3. The molecule has 46 heavy (non-hydrogen) atoms. The molecule has 0 unspecified atom stereocenters. The highest BCUT2D eigenvalue weighted by Gasteiger charge is 2.33. The van der Waals surface area contributed by atoms with Crippen LogP contribution in [0.1, 0.15) is 39.1 Å². The highest BCUT2D eigenvalue weighted by Crippen LogP contribution is 2.35. The van der Waals surface area contributed by atoms with Crippen molar-refractivity contribution in [2.24, 2.45) is 5.10 Å². The zero-order chi connectivity index (χ0) is 32.0. The van der Waals surface area contributed by atoms with Crippen LogP contribution in [-0.4, -0.2) is 57.3 Å². The van der Waals surface area contributed by atoms with Crippen LogP contribution in [0.5, 0.6) is 11.5 Å². The fourth-order valence-corrected chi connectivity index (χ4v) is 6.54. The molecule has 0 spiro atoms. The Bertz CT molecular complexity index is 1860. The Morgan fingerprint density at radius 3 is 2.48 bits per heavy atom. The number of hydrogen-bond donors (Lipinski definition) is 1. The Hall–Kier alpha value is -5.01. The summed E-state index contributed by atoms with van der Waals surface area (Å²) >= 11 is 2.77. The number of benzene rings is 3. The first kappa shape index (κ1) is 31.0. The minimum absolute atomic E-state index is 0.0172. The molecule has 1 aliphatic heterocycles. The lowest BCUT2D eigenvalue weighted by molar-refractivity contribution is -0.130. The van der Waals surface area contributed by atoms with E-state index in [9.17, 15) is 14.0 Å². The number of hydrogen-bond acceptors (Lipinski definition) is 9. The van der Waals surface area contributed by atoms with Crippen molar-refractivity contribution in [3.63, 3.8) is 0 Å². The van der Waals surface area contributed by atoms with Gasteiger partial charge in [0.05, 0.1) is 43.1 Å². The predicted octanol–water partition coefficient (Wildman–Crippen LogP) is 5.89. The molecule has 1 aliphatic rings. The number of methoxy groups -OCH3 is 2. The van der Waals surface area contributed by atoms with Gasteiger partial charge in [0.25, 0.3) is 11.8 Å². The van der Waals surface area contributed by atoms with Crippen LogP contribution < -0.4 is 14.8 Å². The summed E-state index contributed by atoms with van der Waals surface area (Å²) in [4.78, 5) is 27.7. The molecule has 10 nitrogen and oxygen atoms in total. The van der Waals surface area contributed by atoms with Gasteiger partial charge in [-0.1, -0.05) is 36.0 Å². The van der Waals surface area contributed by atoms with Crippen LogP contribution in [0, 0.1) is 5.82 Å². The van der Waals surface area contributed by atoms with Gasteiger partial charge < -0.3 is 14.8 Å². The standard InChI is InChI=1S/C33H29FN6O4S2/c1-43-25-14-8-21(9-15-25)28-18-27(29-7-4-16-45-29)38-40(28)31(41)20-46-33-37-36-30(39(33)24-12-10-23(34)11-13-24)19-35-32(42)22-5-3-6-26(17-22)44-2/h3-17,28H,18-20H2,1-2H3,(H,35,42)/t28-/m0/s1. The topological polar surface area (TPSA) is 111 Å². The van der Waals surface area contributed by atoms with E-state index in [0.29, 0.717) is 34.4 Å². The number of carbonyl (C=O) groups excluding carboxylic acids is 2. The van der Waals surface area contributed by atoms with Gasteiger partial charge in [-0.15, -0.1) is 21.5 Å². The van der Waals surface area contributed by atoms with Gasteiger partial charge in [0, 0.05) is 17.7 Å². The molecule has 13 heteroatoms. The fraction of sp³-hybridized carbons (Fsp3) is 0.182. The van der Waals surface area contributed by atoms with Crippen molar-refractivity contribution in [3.05, 3.63) is 118 Å². The zero-order valence-corrected chi connectivity index (χ0v) is 26.6. The van der Waals surface area contributed by atoms with Gasteiger partial charge >= 0.3 is 0 Å². The smallest absolute Gasteiger partial charge is 0.253 e. The van der Waals surface area contributed by atoms with Gasteiger partial charge in [0.15, 0.2) is 11.0 Å². The van der Waals surface area contributed by atoms with Crippen molar-refractivity contribution < 1.29 is 23.5 Å². The largest absolute Gasteiger partial charge is 0.497 e. The number of nitrogens with one attached hydrogen (secondary N) is 1. The second-order valence-electron chi connectivity index (χ2n) is 10.2. The Morgan fingerprint density at radius 2 is 1.76 bits per heavy atom. The van der Waals surface area contributed by atoms with Crippen LogP contribution in [0.4, 0.5) is 4.39 Å². The average Bonchev–Trinajstić information content (AvgIpc) is 3.87. The summed E-state index contributed by atoms with van der Waals surface area (Å²) in [7, 11) is 3.14. The predicted molar refractivity (Wildman–Crippen MR) is 174 cm³/mol. The van der Waals surface area contributed by atoms with Crippen LogP contribution in [0.25, 0.3) is 5.69 Å². The third-order valence-electron chi connectivity index (χ3n) is 7.32. The van der Waals surface area contributed by atoms with Crippen molar-refractivity contribution in [3.8, 4) is 17.2 Å². The molecule has 0 fully saturated rings. The van der Waals surface area contributed by atoms with Crippen LogP contribution in [0.15, 0.2) is 101 Å². The van der Waals surface area contributed by atoms with E-state index in [1.54, 1.807) is 59.4 Å².